The van der Waals surface area contributed by atoms with E-state index in [1.54, 1.807) is 6.33 Å². The van der Waals surface area contributed by atoms with Gasteiger partial charge in [0.05, 0.1) is 6.33 Å². The van der Waals surface area contributed by atoms with Crippen LogP contribution in [0.1, 0.15) is 39.0 Å². The molecule has 6 heteroatoms. The van der Waals surface area contributed by atoms with E-state index in [-0.39, 0.29) is 5.28 Å². The minimum Gasteiger partial charge on any atom is -0.326 e. The summed E-state index contributed by atoms with van der Waals surface area (Å²) >= 11 is 12.0. The first-order chi connectivity index (χ1) is 9.67. The number of rotatable bonds is 3. The quantitative estimate of drug-likeness (QED) is 0.625. The molecular weight excluding hydrogens is 295 g/mol. The minimum atomic E-state index is 0.149. The van der Waals surface area contributed by atoms with Crippen molar-refractivity contribution in [1.29, 1.82) is 0 Å². The van der Waals surface area contributed by atoms with E-state index in [1.165, 1.54) is 32.1 Å². The van der Waals surface area contributed by atoms with Crippen molar-refractivity contribution < 1.29 is 0 Å². The largest absolute Gasteiger partial charge is 0.326 e. The van der Waals surface area contributed by atoms with E-state index in [0.29, 0.717) is 16.7 Å². The van der Waals surface area contributed by atoms with Crippen LogP contribution in [0.4, 0.5) is 0 Å². The molecule has 108 valence electrons. The molecule has 0 aromatic carbocycles. The Morgan fingerprint density at radius 2 is 1.85 bits per heavy atom. The SMILES string of the molecule is CCC1CCC(Cn2cnc3nc(Cl)nc(Cl)c32)CC1. The van der Waals surface area contributed by atoms with E-state index in [0.717, 1.165) is 18.0 Å². The fourth-order valence-electron chi connectivity index (χ4n) is 3.15. The fraction of sp³-hybridized carbons (Fsp3) is 0.643. The Morgan fingerprint density at radius 1 is 1.15 bits per heavy atom. The Labute approximate surface area is 128 Å². The molecule has 0 aliphatic heterocycles. The monoisotopic (exact) mass is 312 g/mol. The normalized spacial score (nSPS) is 23.4. The van der Waals surface area contributed by atoms with E-state index < -0.39 is 0 Å². The molecule has 0 N–H and O–H groups in total. The first-order valence-electron chi connectivity index (χ1n) is 7.21. The summed E-state index contributed by atoms with van der Waals surface area (Å²) in [6, 6.07) is 0. The number of halogens is 2. The molecule has 1 saturated carbocycles. The highest BCUT2D eigenvalue weighted by Crippen LogP contribution is 2.32. The molecule has 3 rings (SSSR count). The highest BCUT2D eigenvalue weighted by molar-refractivity contribution is 6.35. The zero-order chi connectivity index (χ0) is 14.1. The third-order valence-corrected chi connectivity index (χ3v) is 4.83. The lowest BCUT2D eigenvalue weighted by Crippen LogP contribution is -2.18. The average Bonchev–Trinajstić information content (AvgIpc) is 2.82. The molecule has 0 atom stereocenters. The summed E-state index contributed by atoms with van der Waals surface area (Å²) in [5.74, 6) is 1.61. The molecular formula is C14H18Cl2N4. The van der Waals surface area contributed by atoms with Gasteiger partial charge in [0.15, 0.2) is 10.8 Å². The van der Waals surface area contributed by atoms with Crippen LogP contribution in [0.25, 0.3) is 11.2 Å². The van der Waals surface area contributed by atoms with Crippen molar-refractivity contribution in [2.24, 2.45) is 11.8 Å². The van der Waals surface area contributed by atoms with Gasteiger partial charge in [-0.1, -0.05) is 37.8 Å². The zero-order valence-electron chi connectivity index (χ0n) is 11.5. The fourth-order valence-corrected chi connectivity index (χ4v) is 3.63. The lowest BCUT2D eigenvalue weighted by atomic mass is 9.81. The molecule has 2 aromatic heterocycles. The maximum atomic E-state index is 6.18. The Balaban J connectivity index is 1.78. The number of imidazole rings is 1. The van der Waals surface area contributed by atoms with Crippen LogP contribution in [0.2, 0.25) is 10.4 Å². The standard InChI is InChI=1S/C14H18Cl2N4/c1-2-9-3-5-10(6-4-9)7-20-8-17-13-11(20)12(15)18-14(16)19-13/h8-10H,2-7H2,1H3. The molecule has 20 heavy (non-hydrogen) atoms. The summed E-state index contributed by atoms with van der Waals surface area (Å²) in [7, 11) is 0. The first kappa shape index (κ1) is 14.1. The number of fused-ring (bicyclic) bond motifs is 1. The molecule has 0 spiro atoms. The molecule has 0 unspecified atom stereocenters. The Kier molecular flexibility index (Phi) is 4.13. The van der Waals surface area contributed by atoms with Gasteiger partial charge in [0.1, 0.15) is 5.52 Å². The first-order valence-corrected chi connectivity index (χ1v) is 7.96. The van der Waals surface area contributed by atoms with Crippen LogP contribution in [-0.4, -0.2) is 19.5 Å². The van der Waals surface area contributed by atoms with Gasteiger partial charge in [-0.3, -0.25) is 0 Å². The van der Waals surface area contributed by atoms with Crippen molar-refractivity contribution >= 4 is 34.4 Å². The second kappa shape index (κ2) is 5.86. The summed E-state index contributed by atoms with van der Waals surface area (Å²) in [5, 5.41) is 0.538. The Hall–Kier alpha value is -0.870. The van der Waals surface area contributed by atoms with Crippen molar-refractivity contribution in [3.8, 4) is 0 Å². The van der Waals surface area contributed by atoms with Crippen molar-refractivity contribution in [3.63, 3.8) is 0 Å². The highest BCUT2D eigenvalue weighted by atomic mass is 35.5. The summed E-state index contributed by atoms with van der Waals surface area (Å²) in [4.78, 5) is 12.4. The van der Waals surface area contributed by atoms with Crippen molar-refractivity contribution in [1.82, 2.24) is 19.5 Å². The lowest BCUT2D eigenvalue weighted by molar-refractivity contribution is 0.249. The van der Waals surface area contributed by atoms with Gasteiger partial charge in [0.2, 0.25) is 5.28 Å². The highest BCUT2D eigenvalue weighted by Gasteiger charge is 2.21. The summed E-state index contributed by atoms with van der Waals surface area (Å²) < 4.78 is 2.07. The van der Waals surface area contributed by atoms with Crippen molar-refractivity contribution in [2.45, 2.75) is 45.6 Å². The molecule has 4 nitrogen and oxygen atoms in total. The second-order valence-electron chi connectivity index (χ2n) is 5.65. The molecule has 0 saturated heterocycles. The van der Waals surface area contributed by atoms with E-state index in [1.807, 2.05) is 0 Å². The van der Waals surface area contributed by atoms with Crippen LogP contribution < -0.4 is 0 Å². The zero-order valence-corrected chi connectivity index (χ0v) is 13.0. The van der Waals surface area contributed by atoms with E-state index in [9.17, 15) is 0 Å². The van der Waals surface area contributed by atoms with Gasteiger partial charge in [-0.25, -0.2) is 9.97 Å². The van der Waals surface area contributed by atoms with Gasteiger partial charge in [0.25, 0.3) is 0 Å². The van der Waals surface area contributed by atoms with Gasteiger partial charge in [-0.05, 0) is 36.3 Å². The van der Waals surface area contributed by atoms with Crippen LogP contribution in [0.15, 0.2) is 6.33 Å². The minimum absolute atomic E-state index is 0.149. The second-order valence-corrected chi connectivity index (χ2v) is 6.34. The lowest BCUT2D eigenvalue weighted by Gasteiger charge is -2.28. The third kappa shape index (κ3) is 2.77. The van der Waals surface area contributed by atoms with Crippen LogP contribution in [0.3, 0.4) is 0 Å². The maximum absolute atomic E-state index is 6.18. The number of nitrogens with zero attached hydrogens (tertiary/aromatic N) is 4. The molecule has 1 aliphatic carbocycles. The van der Waals surface area contributed by atoms with Crippen LogP contribution >= 0.6 is 23.2 Å². The number of hydrogen-bond donors (Lipinski definition) is 0. The molecule has 1 fully saturated rings. The maximum Gasteiger partial charge on any atom is 0.225 e. The molecule has 0 amide bonds. The molecule has 0 bridgehead atoms. The van der Waals surface area contributed by atoms with E-state index in [4.69, 9.17) is 23.2 Å². The molecule has 0 radical (unpaired) electrons. The van der Waals surface area contributed by atoms with Gasteiger partial charge in [-0.15, -0.1) is 0 Å². The molecule has 2 heterocycles. The van der Waals surface area contributed by atoms with Crippen molar-refractivity contribution in [3.05, 3.63) is 16.8 Å². The smallest absolute Gasteiger partial charge is 0.225 e. The predicted octanol–water partition coefficient (Wildman–Crippen LogP) is 4.35. The van der Waals surface area contributed by atoms with Crippen LogP contribution in [0.5, 0.6) is 0 Å². The van der Waals surface area contributed by atoms with Crippen LogP contribution in [0, 0.1) is 11.8 Å². The molecule has 2 aromatic rings. The van der Waals surface area contributed by atoms with Crippen LogP contribution in [-0.2, 0) is 6.54 Å². The third-order valence-electron chi connectivity index (χ3n) is 4.40. The number of hydrogen-bond acceptors (Lipinski definition) is 3. The van der Waals surface area contributed by atoms with Gasteiger partial charge >= 0.3 is 0 Å². The Morgan fingerprint density at radius 3 is 2.55 bits per heavy atom. The number of aromatic nitrogens is 4. The topological polar surface area (TPSA) is 43.6 Å². The van der Waals surface area contributed by atoms with Gasteiger partial charge in [0, 0.05) is 6.54 Å². The van der Waals surface area contributed by atoms with E-state index >= 15 is 0 Å². The van der Waals surface area contributed by atoms with Gasteiger partial charge in [-0.2, -0.15) is 4.98 Å². The van der Waals surface area contributed by atoms with Gasteiger partial charge < -0.3 is 4.57 Å². The predicted molar refractivity (Wildman–Crippen MR) is 81.1 cm³/mol. The summed E-state index contributed by atoms with van der Waals surface area (Å²) in [5.41, 5.74) is 1.38. The summed E-state index contributed by atoms with van der Waals surface area (Å²) in [6.45, 7) is 3.23. The molecule has 1 aliphatic rings. The average molecular weight is 313 g/mol. The Bertz CT molecular complexity index is 602. The summed E-state index contributed by atoms with van der Waals surface area (Å²) in [6.07, 6.45) is 8.34. The van der Waals surface area contributed by atoms with Crippen molar-refractivity contribution in [2.75, 3.05) is 0 Å². The van der Waals surface area contributed by atoms with E-state index in [2.05, 4.69) is 26.4 Å².